The van der Waals surface area contributed by atoms with Crippen molar-refractivity contribution in [1.29, 1.82) is 0 Å². The first kappa shape index (κ1) is 58.6. The van der Waals surface area contributed by atoms with Crippen molar-refractivity contribution in [2.24, 2.45) is 35.5 Å². The maximum atomic E-state index is 3.61. The van der Waals surface area contributed by atoms with Gasteiger partial charge in [0.2, 0.25) is 0 Å². The molecule has 2 fully saturated rings. The molecule has 0 amide bonds. The Bertz CT molecular complexity index is 281. The van der Waals surface area contributed by atoms with E-state index in [0.29, 0.717) is 0 Å². The molecule has 2 aliphatic carbocycles. The molecule has 0 nitrogen and oxygen atoms in total. The highest BCUT2D eigenvalue weighted by molar-refractivity contribution is 9.09. The van der Waals surface area contributed by atoms with Gasteiger partial charge >= 0.3 is 0 Å². The lowest BCUT2D eigenvalue weighted by Gasteiger charge is -2.15. The second-order valence-corrected chi connectivity index (χ2v) is 9.42. The summed E-state index contributed by atoms with van der Waals surface area (Å²) < 4.78 is 0. The summed E-state index contributed by atoms with van der Waals surface area (Å²) >= 11 is 7.17. The molecule has 0 spiro atoms. The van der Waals surface area contributed by atoms with Crippen molar-refractivity contribution >= 4 is 31.9 Å². The van der Waals surface area contributed by atoms with Gasteiger partial charge in [-0.3, -0.25) is 0 Å². The third-order valence-electron chi connectivity index (χ3n) is 6.76. The number of rotatable bonds is 7. The molecule has 0 saturated heterocycles. The van der Waals surface area contributed by atoms with Gasteiger partial charge in [0, 0.05) is 10.7 Å². The molecule has 2 rings (SSSR count). The molecule has 0 radical (unpaired) electrons. The summed E-state index contributed by atoms with van der Waals surface area (Å²) in [6, 6.07) is 0. The Balaban J connectivity index is -0.0000000369. The Labute approximate surface area is 229 Å². The van der Waals surface area contributed by atoms with Gasteiger partial charge in [0.05, 0.1) is 0 Å². The fraction of sp³-hybridized carbons (Fsp3) is 1.00. The van der Waals surface area contributed by atoms with E-state index in [1.54, 1.807) is 0 Å². The minimum Gasteiger partial charge on any atom is -0.0928 e. The molecule has 0 aromatic carbocycles. The van der Waals surface area contributed by atoms with E-state index in [2.05, 4.69) is 59.6 Å². The topological polar surface area (TPSA) is 0 Å². The molecule has 0 heterocycles. The lowest BCUT2D eigenvalue weighted by molar-refractivity contribution is 0.370. The average molecular weight is 597 g/mol. The van der Waals surface area contributed by atoms with Crippen LogP contribution in [0.2, 0.25) is 0 Å². The molecular formula is C30H76Br2. The zero-order valence-electron chi connectivity index (χ0n) is 16.0. The summed E-state index contributed by atoms with van der Waals surface area (Å²) in [4.78, 5) is 0. The summed E-state index contributed by atoms with van der Waals surface area (Å²) in [6.07, 6.45) is 12.9. The van der Waals surface area contributed by atoms with E-state index >= 15 is 0 Å². The fourth-order valence-corrected chi connectivity index (χ4v) is 6.41. The van der Waals surface area contributed by atoms with Gasteiger partial charge in [0.15, 0.2) is 0 Å². The van der Waals surface area contributed by atoms with Crippen molar-refractivity contribution in [3.05, 3.63) is 0 Å². The molecule has 2 saturated carbocycles. The van der Waals surface area contributed by atoms with E-state index in [0.717, 1.165) is 35.5 Å². The Kier molecular flexibility index (Phi) is 62.5. The van der Waals surface area contributed by atoms with Gasteiger partial charge in [-0.25, -0.2) is 0 Å². The zero-order valence-corrected chi connectivity index (χ0v) is 19.2. The highest BCUT2D eigenvalue weighted by Crippen LogP contribution is 2.42. The molecule has 0 bridgehead atoms. The van der Waals surface area contributed by atoms with Gasteiger partial charge in [-0.05, 0) is 67.6 Å². The van der Waals surface area contributed by atoms with Crippen LogP contribution in [0.4, 0.5) is 0 Å². The first-order valence-corrected chi connectivity index (χ1v) is 12.5. The number of hydrogen-bond donors (Lipinski definition) is 0. The standard InChI is InChI=1S/C11H21Br.C10H19Br.9CH4/c1-3-9-7-10(4-2)11(8-9)5-6-12;1-3-8-5-9(4-2)10(6-8)7-11;;;;;;;;;/h9-11H,3-8H2,1-2H3;8-10H,3-7H2,1-2H3;9*1H4. The summed E-state index contributed by atoms with van der Waals surface area (Å²) in [5.41, 5.74) is 0. The van der Waals surface area contributed by atoms with Crippen LogP contribution in [-0.2, 0) is 0 Å². The predicted octanol–water partition coefficient (Wildman–Crippen LogP) is 13.8. The quantitative estimate of drug-likeness (QED) is 0.257. The number of alkyl halides is 2. The monoisotopic (exact) mass is 594 g/mol. The molecule has 0 N–H and O–H groups in total. The molecule has 0 aromatic heterocycles. The minimum atomic E-state index is 0. The van der Waals surface area contributed by atoms with Gasteiger partial charge in [-0.2, -0.15) is 0 Å². The van der Waals surface area contributed by atoms with Crippen LogP contribution < -0.4 is 0 Å². The van der Waals surface area contributed by atoms with E-state index in [4.69, 9.17) is 0 Å². The minimum absolute atomic E-state index is 0. The summed E-state index contributed by atoms with van der Waals surface area (Å²) in [5, 5.41) is 2.42. The second-order valence-electron chi connectivity index (χ2n) is 7.98. The van der Waals surface area contributed by atoms with Crippen LogP contribution >= 0.6 is 31.9 Å². The van der Waals surface area contributed by atoms with Crippen LogP contribution in [0, 0.1) is 35.5 Å². The Hall–Kier alpha value is 0.960. The molecule has 32 heavy (non-hydrogen) atoms. The third kappa shape index (κ3) is 19.3. The Morgan fingerprint density at radius 3 is 1.03 bits per heavy atom. The first-order chi connectivity index (χ1) is 11.1. The fourth-order valence-electron chi connectivity index (χ4n) is 5.02. The van der Waals surface area contributed by atoms with Gasteiger partial charge < -0.3 is 0 Å². The number of halogens is 2. The molecular weight excluding hydrogens is 520 g/mol. The normalized spacial score (nSPS) is 26.4. The Morgan fingerprint density at radius 2 is 0.781 bits per heavy atom. The maximum Gasteiger partial charge on any atom is 0.00624 e. The van der Waals surface area contributed by atoms with Crippen LogP contribution in [0.15, 0.2) is 0 Å². The average Bonchev–Trinajstić information content (AvgIpc) is 3.18. The highest BCUT2D eigenvalue weighted by atomic mass is 79.9. The molecule has 0 aromatic rings. The van der Waals surface area contributed by atoms with Crippen molar-refractivity contribution < 1.29 is 0 Å². The molecule has 6 atom stereocenters. The number of hydrogen-bond acceptors (Lipinski definition) is 0. The van der Waals surface area contributed by atoms with Gasteiger partial charge in [0.25, 0.3) is 0 Å². The molecule has 0 aliphatic heterocycles. The van der Waals surface area contributed by atoms with E-state index in [1.807, 2.05) is 0 Å². The molecule has 2 heteroatoms. The van der Waals surface area contributed by atoms with Crippen LogP contribution in [0.25, 0.3) is 0 Å². The summed E-state index contributed by atoms with van der Waals surface area (Å²) in [5.74, 6) is 6.12. The van der Waals surface area contributed by atoms with E-state index in [1.165, 1.54) is 68.4 Å². The SMILES string of the molecule is C.C.C.C.C.C.C.C.C.CCC1CC(CC)C(CBr)C1.CCC1CC(CC)C(CCBr)C1. The predicted molar refractivity (Wildman–Crippen MR) is 173 cm³/mol. The van der Waals surface area contributed by atoms with Crippen molar-refractivity contribution in [3.8, 4) is 0 Å². The summed E-state index contributed by atoms with van der Waals surface area (Å²) in [7, 11) is 0. The smallest absolute Gasteiger partial charge is 0.00624 e. The maximum absolute atomic E-state index is 3.61. The van der Waals surface area contributed by atoms with Crippen molar-refractivity contribution in [3.63, 3.8) is 0 Å². The lowest BCUT2D eigenvalue weighted by Crippen LogP contribution is -2.07. The lowest BCUT2D eigenvalue weighted by atomic mass is 9.92. The van der Waals surface area contributed by atoms with Gasteiger partial charge in [0.1, 0.15) is 0 Å². The second kappa shape index (κ2) is 34.1. The van der Waals surface area contributed by atoms with Crippen molar-refractivity contribution in [1.82, 2.24) is 0 Å². The highest BCUT2D eigenvalue weighted by Gasteiger charge is 2.31. The van der Waals surface area contributed by atoms with Crippen LogP contribution in [-0.4, -0.2) is 10.7 Å². The largest absolute Gasteiger partial charge is 0.0928 e. The van der Waals surface area contributed by atoms with Crippen LogP contribution in [0.3, 0.4) is 0 Å². The zero-order chi connectivity index (χ0) is 17.2. The Morgan fingerprint density at radius 1 is 0.469 bits per heavy atom. The summed E-state index contributed by atoms with van der Waals surface area (Å²) in [6.45, 7) is 9.35. The van der Waals surface area contributed by atoms with Gasteiger partial charge in [-0.15, -0.1) is 0 Å². The van der Waals surface area contributed by atoms with Crippen LogP contribution in [0.5, 0.6) is 0 Å². The molecule has 6 unspecified atom stereocenters. The van der Waals surface area contributed by atoms with Gasteiger partial charge in [-0.1, -0.05) is 152 Å². The third-order valence-corrected chi connectivity index (χ3v) is 8.05. The van der Waals surface area contributed by atoms with Crippen LogP contribution in [0.1, 0.15) is 152 Å². The van der Waals surface area contributed by atoms with E-state index in [9.17, 15) is 0 Å². The molecule has 210 valence electrons. The van der Waals surface area contributed by atoms with E-state index < -0.39 is 0 Å². The van der Waals surface area contributed by atoms with Crippen molar-refractivity contribution in [2.45, 2.75) is 152 Å². The van der Waals surface area contributed by atoms with Crippen molar-refractivity contribution in [2.75, 3.05) is 10.7 Å². The van der Waals surface area contributed by atoms with E-state index in [-0.39, 0.29) is 66.8 Å². The molecule has 2 aliphatic rings. The first-order valence-electron chi connectivity index (χ1n) is 10.2.